The predicted molar refractivity (Wildman–Crippen MR) is 175 cm³/mol. The molecule has 5 amide bonds. The number of carbonyl (C=O) groups excluding carboxylic acids is 5. The van der Waals surface area contributed by atoms with E-state index in [0.29, 0.717) is 24.1 Å². The lowest BCUT2D eigenvalue weighted by Crippen LogP contribution is -2.56. The molecule has 4 rings (SSSR count). The minimum absolute atomic E-state index is 0.219. The molecule has 14 heteroatoms. The quantitative estimate of drug-likeness (QED) is 0.168. The van der Waals surface area contributed by atoms with Gasteiger partial charge in [0.1, 0.15) is 29.8 Å². The number of nitrogens with one attached hydrogen (secondary N) is 4. The second kappa shape index (κ2) is 15.8. The molecular weight excluding hydrogens is 622 g/mol. The van der Waals surface area contributed by atoms with Crippen LogP contribution in [0.1, 0.15) is 50.7 Å². The Kier molecular flexibility index (Phi) is 11.7. The van der Waals surface area contributed by atoms with Crippen LogP contribution in [-0.4, -0.2) is 76.2 Å². The van der Waals surface area contributed by atoms with Gasteiger partial charge in [-0.2, -0.15) is 0 Å². The molecule has 14 nitrogen and oxygen atoms in total. The number of carboxylic acids is 1. The number of carbonyl (C=O) groups is 6. The van der Waals surface area contributed by atoms with E-state index >= 15 is 0 Å². The molecule has 5 N–H and O–H groups in total. The van der Waals surface area contributed by atoms with Crippen LogP contribution in [0.25, 0.3) is 11.0 Å². The maximum atomic E-state index is 13.6. The zero-order valence-electron chi connectivity index (χ0n) is 26.9. The summed E-state index contributed by atoms with van der Waals surface area (Å²) in [6, 6.07) is 11.8. The molecule has 48 heavy (non-hydrogen) atoms. The van der Waals surface area contributed by atoms with Crippen LogP contribution in [0, 0.1) is 6.92 Å². The number of carboxylic acid groups (broad SMARTS) is 1. The Morgan fingerprint density at radius 1 is 0.938 bits per heavy atom. The van der Waals surface area contributed by atoms with Gasteiger partial charge in [0.05, 0.1) is 6.42 Å². The second-order valence-corrected chi connectivity index (χ2v) is 11.8. The predicted octanol–water partition coefficient (Wildman–Crippen LogP) is 1.63. The molecule has 1 fully saturated rings. The van der Waals surface area contributed by atoms with E-state index in [1.807, 2.05) is 30.3 Å². The highest BCUT2D eigenvalue weighted by Crippen LogP contribution is 2.23. The molecule has 4 unspecified atom stereocenters. The summed E-state index contributed by atoms with van der Waals surface area (Å²) in [7, 11) is 0. The topological polar surface area (TPSA) is 204 Å². The van der Waals surface area contributed by atoms with Gasteiger partial charge in [0.25, 0.3) is 0 Å². The molecular formula is C34H39N5O9. The Balaban J connectivity index is 1.42. The van der Waals surface area contributed by atoms with Gasteiger partial charge in [-0.25, -0.2) is 4.79 Å². The minimum Gasteiger partial charge on any atom is -0.481 e. The first-order valence-electron chi connectivity index (χ1n) is 15.6. The Morgan fingerprint density at radius 2 is 1.67 bits per heavy atom. The molecule has 4 atom stereocenters. The number of rotatable bonds is 13. The lowest BCUT2D eigenvalue weighted by Gasteiger charge is -2.28. The first kappa shape index (κ1) is 35.3. The minimum atomic E-state index is -1.15. The number of likely N-dealkylation sites (tertiary alicyclic amines) is 1. The molecule has 0 aliphatic carbocycles. The standard InChI is InChI=1S/C34H39N5O9/c1-19-16-30(43)48-27-18-23(11-12-24(19)27)37-25(17-22-8-5-4-6-9-22)32(45)38-33(46)26-10-7-15-39(26)34(47)21(3)36-31(44)20(2)35-28(40)13-14-29(41)42/h4-6,8-9,11-12,16,18,20-21,25-26,37H,7,10,13-15,17H2,1-3H3,(H,35,40)(H,36,44)(H,41,42)(H,38,45,46). The van der Waals surface area contributed by atoms with Crippen LogP contribution in [0.3, 0.4) is 0 Å². The summed E-state index contributed by atoms with van der Waals surface area (Å²) in [4.78, 5) is 88.8. The lowest BCUT2D eigenvalue weighted by atomic mass is 10.0. The summed E-state index contributed by atoms with van der Waals surface area (Å²) in [5, 5.41) is 20.0. The number of amides is 5. The van der Waals surface area contributed by atoms with Crippen LogP contribution in [0.5, 0.6) is 0 Å². The van der Waals surface area contributed by atoms with Crippen molar-refractivity contribution in [3.05, 3.63) is 76.1 Å². The van der Waals surface area contributed by atoms with Crippen molar-refractivity contribution in [3.63, 3.8) is 0 Å². The summed E-state index contributed by atoms with van der Waals surface area (Å²) >= 11 is 0. The third-order valence-electron chi connectivity index (χ3n) is 8.04. The van der Waals surface area contributed by atoms with Gasteiger partial charge in [0.15, 0.2) is 0 Å². The number of benzene rings is 2. The highest BCUT2D eigenvalue weighted by atomic mass is 16.4. The SMILES string of the molecule is Cc1cc(=O)oc2cc(NC(Cc3ccccc3)C(=O)NC(=O)C3CCCN3C(=O)C(C)NC(=O)C(C)NC(=O)CCC(=O)O)ccc12. The van der Waals surface area contributed by atoms with Gasteiger partial charge in [-0.3, -0.25) is 34.1 Å². The molecule has 2 aromatic carbocycles. The highest BCUT2D eigenvalue weighted by molar-refractivity contribution is 6.03. The van der Waals surface area contributed by atoms with Crippen LogP contribution >= 0.6 is 0 Å². The average Bonchev–Trinajstić information content (AvgIpc) is 3.53. The summed E-state index contributed by atoms with van der Waals surface area (Å²) < 4.78 is 5.35. The van der Waals surface area contributed by atoms with Crippen molar-refractivity contribution in [1.82, 2.24) is 20.9 Å². The summed E-state index contributed by atoms with van der Waals surface area (Å²) in [6.07, 6.45) is 0.342. The molecule has 3 aromatic rings. The summed E-state index contributed by atoms with van der Waals surface area (Å²) in [5.74, 6) is -4.25. The van der Waals surface area contributed by atoms with Gasteiger partial charge in [-0.05, 0) is 56.9 Å². The first-order chi connectivity index (χ1) is 22.8. The van der Waals surface area contributed by atoms with E-state index in [4.69, 9.17) is 9.52 Å². The summed E-state index contributed by atoms with van der Waals surface area (Å²) in [5.41, 5.74) is 1.91. The van der Waals surface area contributed by atoms with Crippen LogP contribution in [0.4, 0.5) is 5.69 Å². The Hall–Kier alpha value is -5.53. The zero-order chi connectivity index (χ0) is 35.0. The Bertz CT molecular complexity index is 1760. The maximum absolute atomic E-state index is 13.6. The molecule has 1 saturated heterocycles. The average molecular weight is 662 g/mol. The van der Waals surface area contributed by atoms with E-state index in [9.17, 15) is 33.6 Å². The molecule has 254 valence electrons. The number of imide groups is 1. The smallest absolute Gasteiger partial charge is 0.336 e. The van der Waals surface area contributed by atoms with Crippen molar-refractivity contribution in [1.29, 1.82) is 0 Å². The van der Waals surface area contributed by atoms with Gasteiger partial charge in [-0.1, -0.05) is 30.3 Å². The van der Waals surface area contributed by atoms with Crippen molar-refractivity contribution in [3.8, 4) is 0 Å². The molecule has 1 aromatic heterocycles. The molecule has 0 saturated carbocycles. The number of aliphatic carboxylic acids is 1. The van der Waals surface area contributed by atoms with Gasteiger partial charge >= 0.3 is 11.6 Å². The van der Waals surface area contributed by atoms with Crippen molar-refractivity contribution >= 4 is 52.2 Å². The Morgan fingerprint density at radius 3 is 2.38 bits per heavy atom. The van der Waals surface area contributed by atoms with Crippen LogP contribution in [0.15, 0.2) is 63.8 Å². The third-order valence-corrected chi connectivity index (χ3v) is 8.04. The monoisotopic (exact) mass is 661 g/mol. The first-order valence-corrected chi connectivity index (χ1v) is 15.6. The molecule has 0 bridgehead atoms. The van der Waals surface area contributed by atoms with Gasteiger partial charge in [-0.15, -0.1) is 0 Å². The largest absolute Gasteiger partial charge is 0.481 e. The van der Waals surface area contributed by atoms with Crippen molar-refractivity contribution < 1.29 is 38.3 Å². The van der Waals surface area contributed by atoms with Gasteiger partial charge in [0, 0.05) is 42.6 Å². The number of fused-ring (bicyclic) bond motifs is 1. The van der Waals surface area contributed by atoms with E-state index in [-0.39, 0.29) is 25.8 Å². The fourth-order valence-corrected chi connectivity index (χ4v) is 5.52. The molecule has 0 radical (unpaired) electrons. The molecule has 1 aliphatic rings. The van der Waals surface area contributed by atoms with Crippen molar-refractivity contribution in [2.75, 3.05) is 11.9 Å². The summed E-state index contributed by atoms with van der Waals surface area (Å²) in [6.45, 7) is 4.88. The lowest BCUT2D eigenvalue weighted by molar-refractivity contribution is -0.143. The van der Waals surface area contributed by atoms with Crippen LogP contribution in [-0.2, 0) is 35.2 Å². The molecule has 1 aliphatic heterocycles. The van der Waals surface area contributed by atoms with E-state index in [0.717, 1.165) is 16.5 Å². The van der Waals surface area contributed by atoms with Crippen LogP contribution < -0.4 is 26.9 Å². The number of anilines is 1. The van der Waals surface area contributed by atoms with E-state index in [1.54, 1.807) is 25.1 Å². The van der Waals surface area contributed by atoms with Crippen LogP contribution in [0.2, 0.25) is 0 Å². The number of hydrogen-bond donors (Lipinski definition) is 5. The second-order valence-electron chi connectivity index (χ2n) is 11.8. The van der Waals surface area contributed by atoms with E-state index < -0.39 is 65.3 Å². The van der Waals surface area contributed by atoms with Crippen molar-refractivity contribution in [2.24, 2.45) is 0 Å². The number of nitrogens with zero attached hydrogens (tertiary/aromatic N) is 1. The highest BCUT2D eigenvalue weighted by Gasteiger charge is 2.38. The third kappa shape index (κ3) is 9.27. The van der Waals surface area contributed by atoms with Crippen molar-refractivity contribution in [2.45, 2.75) is 77.0 Å². The Labute approximate surface area is 276 Å². The molecule has 0 spiro atoms. The number of hydrogen-bond acceptors (Lipinski definition) is 9. The van der Waals surface area contributed by atoms with Gasteiger partial charge in [0.2, 0.25) is 29.5 Å². The fraction of sp³-hybridized carbons (Fsp3) is 0.382. The van der Waals surface area contributed by atoms with E-state index in [1.165, 1.54) is 24.8 Å². The zero-order valence-corrected chi connectivity index (χ0v) is 26.9. The number of aryl methyl sites for hydroxylation is 1. The molecule has 2 heterocycles. The fourth-order valence-electron chi connectivity index (χ4n) is 5.52. The normalized spacial score (nSPS) is 16.0. The maximum Gasteiger partial charge on any atom is 0.336 e. The van der Waals surface area contributed by atoms with E-state index in [2.05, 4.69) is 21.3 Å². The van der Waals surface area contributed by atoms with Gasteiger partial charge < -0.3 is 30.4 Å².